The topological polar surface area (TPSA) is 29.3 Å². The van der Waals surface area contributed by atoms with Crippen LogP contribution < -0.4 is 10.6 Å². The molecule has 0 bridgehead atoms. The van der Waals surface area contributed by atoms with Gasteiger partial charge < -0.3 is 10.6 Å². The molecule has 0 aliphatic carbocycles. The van der Waals surface area contributed by atoms with Crippen LogP contribution in [0.3, 0.4) is 0 Å². The molecule has 1 aromatic carbocycles. The fraction of sp³-hybridized carbons (Fsp3) is 0.500. The van der Waals surface area contributed by atoms with Gasteiger partial charge in [0.15, 0.2) is 5.82 Å². The molecule has 0 amide bonds. The summed E-state index contributed by atoms with van der Waals surface area (Å²) < 4.78 is 14.7. The molecule has 0 spiro atoms. The molecule has 0 saturated carbocycles. The number of thioether (sulfide) groups is 1. The van der Waals surface area contributed by atoms with E-state index in [0.29, 0.717) is 22.0 Å². The van der Waals surface area contributed by atoms with Crippen molar-refractivity contribution in [3.05, 3.63) is 28.0 Å². The third-order valence-corrected chi connectivity index (χ3v) is 4.94. The van der Waals surface area contributed by atoms with Crippen molar-refractivity contribution in [3.8, 4) is 0 Å². The van der Waals surface area contributed by atoms with Crippen LogP contribution in [-0.4, -0.2) is 24.1 Å². The van der Waals surface area contributed by atoms with Gasteiger partial charge in [-0.05, 0) is 27.6 Å². The van der Waals surface area contributed by atoms with Crippen LogP contribution in [0.4, 0.5) is 10.1 Å². The van der Waals surface area contributed by atoms with Crippen LogP contribution in [0.15, 0.2) is 16.6 Å². The second-order valence-corrected chi connectivity index (χ2v) is 6.54. The molecule has 2 nitrogen and oxygen atoms in total. The molecule has 1 heterocycles. The molecule has 1 saturated heterocycles. The smallest absolute Gasteiger partial charge is 0.160 e. The van der Waals surface area contributed by atoms with Gasteiger partial charge in [-0.3, -0.25) is 0 Å². The highest BCUT2D eigenvalue weighted by Crippen LogP contribution is 2.31. The molecule has 1 aliphatic rings. The molecule has 1 aliphatic heterocycles. The van der Waals surface area contributed by atoms with Gasteiger partial charge in [0.05, 0.1) is 10.2 Å². The number of hydrogen-bond donors (Lipinski definition) is 1. The first-order valence-corrected chi connectivity index (χ1v) is 7.51. The standard InChI is InChI=1S/C12H16BrFN2S/c1-8-7-16(4-5-17-8)10-3-2-9(6-15)11(13)12(10)14/h2-3,8H,4-7,15H2,1H3. The van der Waals surface area contributed by atoms with E-state index in [4.69, 9.17) is 5.73 Å². The lowest BCUT2D eigenvalue weighted by Crippen LogP contribution is -2.37. The summed E-state index contributed by atoms with van der Waals surface area (Å²) in [6.45, 7) is 4.33. The molecule has 2 rings (SSSR count). The SMILES string of the molecule is CC1CN(c2ccc(CN)c(Br)c2F)CCS1. The summed E-state index contributed by atoms with van der Waals surface area (Å²) in [5.41, 5.74) is 7.05. The second kappa shape index (κ2) is 5.59. The van der Waals surface area contributed by atoms with Crippen molar-refractivity contribution in [1.29, 1.82) is 0 Å². The number of nitrogens with zero attached hydrogens (tertiary/aromatic N) is 1. The fourth-order valence-electron chi connectivity index (χ4n) is 2.02. The van der Waals surface area contributed by atoms with Crippen LogP contribution in [-0.2, 0) is 6.54 Å². The molecule has 0 aromatic heterocycles. The fourth-order valence-corrected chi connectivity index (χ4v) is 3.53. The quantitative estimate of drug-likeness (QED) is 0.909. The largest absolute Gasteiger partial charge is 0.367 e. The lowest BCUT2D eigenvalue weighted by atomic mass is 10.1. The number of anilines is 1. The van der Waals surface area contributed by atoms with Crippen LogP contribution in [0.2, 0.25) is 0 Å². The van der Waals surface area contributed by atoms with Gasteiger partial charge in [-0.25, -0.2) is 4.39 Å². The normalized spacial score (nSPS) is 20.7. The lowest BCUT2D eigenvalue weighted by Gasteiger charge is -2.33. The zero-order valence-electron chi connectivity index (χ0n) is 9.75. The Hall–Kier alpha value is -0.260. The summed E-state index contributed by atoms with van der Waals surface area (Å²) in [6.07, 6.45) is 0. The van der Waals surface area contributed by atoms with Gasteiger partial charge in [0, 0.05) is 30.6 Å². The molecule has 1 unspecified atom stereocenters. The molecule has 17 heavy (non-hydrogen) atoms. The molecule has 0 radical (unpaired) electrons. The number of hydrogen-bond acceptors (Lipinski definition) is 3. The van der Waals surface area contributed by atoms with Crippen molar-refractivity contribution >= 4 is 33.4 Å². The minimum atomic E-state index is -0.188. The average molecular weight is 319 g/mol. The number of rotatable bonds is 2. The van der Waals surface area contributed by atoms with Gasteiger partial charge in [0.2, 0.25) is 0 Å². The minimum Gasteiger partial charge on any atom is -0.367 e. The van der Waals surface area contributed by atoms with E-state index < -0.39 is 0 Å². The van der Waals surface area contributed by atoms with E-state index in [1.165, 1.54) is 0 Å². The zero-order valence-corrected chi connectivity index (χ0v) is 12.2. The zero-order chi connectivity index (χ0) is 12.4. The van der Waals surface area contributed by atoms with E-state index in [2.05, 4.69) is 27.8 Å². The predicted molar refractivity (Wildman–Crippen MR) is 76.1 cm³/mol. The molecule has 1 fully saturated rings. The lowest BCUT2D eigenvalue weighted by molar-refractivity contribution is 0.607. The van der Waals surface area contributed by atoms with E-state index in [1.54, 1.807) is 0 Å². The number of halogens is 2. The highest BCUT2D eigenvalue weighted by atomic mass is 79.9. The Labute approximate surface area is 114 Å². The Balaban J connectivity index is 2.29. The highest BCUT2D eigenvalue weighted by molar-refractivity contribution is 9.10. The summed E-state index contributed by atoms with van der Waals surface area (Å²) in [5.74, 6) is 0.865. The summed E-state index contributed by atoms with van der Waals surface area (Å²) in [4.78, 5) is 2.11. The maximum atomic E-state index is 14.2. The van der Waals surface area contributed by atoms with Gasteiger partial charge in [-0.1, -0.05) is 13.0 Å². The van der Waals surface area contributed by atoms with Crippen LogP contribution >= 0.6 is 27.7 Å². The van der Waals surface area contributed by atoms with E-state index in [-0.39, 0.29) is 5.82 Å². The van der Waals surface area contributed by atoms with E-state index in [9.17, 15) is 4.39 Å². The molecule has 5 heteroatoms. The Bertz CT molecular complexity index is 414. The Morgan fingerprint density at radius 2 is 2.35 bits per heavy atom. The van der Waals surface area contributed by atoms with Crippen molar-refractivity contribution in [2.24, 2.45) is 5.73 Å². The second-order valence-electron chi connectivity index (χ2n) is 4.20. The highest BCUT2D eigenvalue weighted by Gasteiger charge is 2.21. The van der Waals surface area contributed by atoms with Gasteiger partial charge in [0.1, 0.15) is 0 Å². The Morgan fingerprint density at radius 1 is 1.59 bits per heavy atom. The first-order valence-electron chi connectivity index (χ1n) is 5.67. The van der Waals surface area contributed by atoms with Gasteiger partial charge >= 0.3 is 0 Å². The first kappa shape index (κ1) is 13.2. The van der Waals surface area contributed by atoms with Gasteiger partial charge in [-0.2, -0.15) is 11.8 Å². The van der Waals surface area contributed by atoms with Crippen LogP contribution in [0, 0.1) is 5.82 Å². The molecule has 1 aromatic rings. The molecular formula is C12H16BrFN2S. The Morgan fingerprint density at radius 3 is 3.00 bits per heavy atom. The van der Waals surface area contributed by atoms with Crippen molar-refractivity contribution in [2.45, 2.75) is 18.7 Å². The number of benzene rings is 1. The van der Waals surface area contributed by atoms with Crippen LogP contribution in [0.5, 0.6) is 0 Å². The van der Waals surface area contributed by atoms with Gasteiger partial charge in [0.25, 0.3) is 0 Å². The summed E-state index contributed by atoms with van der Waals surface area (Å²) in [5, 5.41) is 0.552. The van der Waals surface area contributed by atoms with Crippen molar-refractivity contribution in [3.63, 3.8) is 0 Å². The molecule has 94 valence electrons. The summed E-state index contributed by atoms with van der Waals surface area (Å²) in [7, 11) is 0. The third-order valence-electron chi connectivity index (χ3n) is 2.94. The molecule has 2 N–H and O–H groups in total. The maximum Gasteiger partial charge on any atom is 0.160 e. The van der Waals surface area contributed by atoms with Crippen molar-refractivity contribution in [1.82, 2.24) is 0 Å². The summed E-state index contributed by atoms with van der Waals surface area (Å²) in [6, 6.07) is 3.74. The monoisotopic (exact) mass is 318 g/mol. The van der Waals surface area contributed by atoms with Crippen LogP contribution in [0.25, 0.3) is 0 Å². The van der Waals surface area contributed by atoms with E-state index >= 15 is 0 Å². The Kier molecular flexibility index (Phi) is 4.33. The van der Waals surface area contributed by atoms with E-state index in [1.807, 2.05) is 23.9 Å². The first-order chi connectivity index (χ1) is 8.13. The van der Waals surface area contributed by atoms with E-state index in [0.717, 1.165) is 24.4 Å². The third kappa shape index (κ3) is 2.77. The molecule has 1 atom stereocenters. The average Bonchev–Trinajstić information content (AvgIpc) is 2.32. The van der Waals surface area contributed by atoms with Crippen molar-refractivity contribution < 1.29 is 4.39 Å². The summed E-state index contributed by atoms with van der Waals surface area (Å²) >= 11 is 5.22. The van der Waals surface area contributed by atoms with Crippen LogP contribution in [0.1, 0.15) is 12.5 Å². The minimum absolute atomic E-state index is 0.188. The molecular weight excluding hydrogens is 303 g/mol. The number of nitrogens with two attached hydrogens (primary N) is 1. The van der Waals surface area contributed by atoms with Crippen molar-refractivity contribution in [2.75, 3.05) is 23.7 Å². The van der Waals surface area contributed by atoms with Gasteiger partial charge in [-0.15, -0.1) is 0 Å². The maximum absolute atomic E-state index is 14.2. The predicted octanol–water partition coefficient (Wildman–Crippen LogP) is 2.99.